The third-order valence-corrected chi connectivity index (χ3v) is 11.6. The molecule has 2 fully saturated rings. The third kappa shape index (κ3) is 8.15. The number of rotatable bonds is 14. The molecule has 7 rings (SSSR count). The molecule has 4 aromatic rings. The molecule has 2 saturated heterocycles. The highest BCUT2D eigenvalue weighted by molar-refractivity contribution is 8.00. The molecule has 2 atom stereocenters. The third-order valence-electron chi connectivity index (χ3n) is 9.74. The van der Waals surface area contributed by atoms with Gasteiger partial charge in [-0.3, -0.25) is 14.5 Å². The summed E-state index contributed by atoms with van der Waals surface area (Å²) in [7, 11) is 0. The lowest BCUT2D eigenvalue weighted by molar-refractivity contribution is -0.663. The van der Waals surface area contributed by atoms with Gasteiger partial charge in [0.2, 0.25) is 22.7 Å². The fourth-order valence-corrected chi connectivity index (χ4v) is 8.30. The Kier molecular flexibility index (Phi) is 11.3. The van der Waals surface area contributed by atoms with Crippen molar-refractivity contribution in [2.45, 2.75) is 62.9 Å². The van der Waals surface area contributed by atoms with Gasteiger partial charge in [0.05, 0.1) is 6.54 Å². The summed E-state index contributed by atoms with van der Waals surface area (Å²) in [6, 6.07) is 9.01. The molecule has 304 valence electrons. The summed E-state index contributed by atoms with van der Waals surface area (Å²) in [6.45, 7) is 4.42. The zero-order valence-electron chi connectivity index (χ0n) is 31.1. The number of aromatic nitrogens is 4. The van der Waals surface area contributed by atoms with E-state index in [0.29, 0.717) is 16.7 Å². The van der Waals surface area contributed by atoms with E-state index in [2.05, 4.69) is 30.3 Å². The van der Waals surface area contributed by atoms with E-state index in [-0.39, 0.29) is 47.4 Å². The number of amides is 2. The number of halogens is 1. The molecular weight excluding hydrogens is 798 g/mol. The van der Waals surface area contributed by atoms with Crippen molar-refractivity contribution in [2.24, 2.45) is 16.0 Å². The number of nitrogens with zero attached hydrogens (tertiary/aromatic N) is 7. The predicted molar refractivity (Wildman–Crippen MR) is 209 cm³/mol. The topological polar surface area (TPSA) is 266 Å². The minimum Gasteiger partial charge on any atom is -0.478 e. The number of thioether (sulfide) groups is 1. The van der Waals surface area contributed by atoms with Gasteiger partial charge in [0.25, 0.3) is 11.8 Å². The summed E-state index contributed by atoms with van der Waals surface area (Å²) in [6.07, 6.45) is 5.17. The van der Waals surface area contributed by atoms with Gasteiger partial charge >= 0.3 is 11.9 Å². The van der Waals surface area contributed by atoms with Crippen LogP contribution in [0.15, 0.2) is 70.4 Å². The number of carboxylic acid groups (broad SMARTS) is 2. The highest BCUT2D eigenvalue weighted by atomic mass is 32.2. The summed E-state index contributed by atoms with van der Waals surface area (Å²) in [4.78, 5) is 66.9. The smallest absolute Gasteiger partial charge is 0.352 e. The minimum absolute atomic E-state index is 0.000981. The standard InChI is InChI=1S/C36H38FN11O8S2/c1-36(2,34(53)54)56-43-25(29-42-35(39)58-45-29)30(49)41-26-31(50)48-27(33(51)52)20(17-57-32(26)48)16-46-12-3-4-23-24(46)9-13-47(23)15-19-6-5-18(14-22(19)37)28(38)44-55-21-7-10-40-11-8-21/h3-6,9,12-14,21,26,32,40H,7-8,10-11,15-17H2,1-2H3,(H6-,38,39,41,42,44,45,49,51,52,53,54)/p+1/b43-25-/t26-,32-/m1/s1. The number of hydrogen-bond acceptors (Lipinski definition) is 14. The van der Waals surface area contributed by atoms with Crippen LogP contribution in [-0.4, -0.2) is 106 Å². The second-order valence-electron chi connectivity index (χ2n) is 14.1. The van der Waals surface area contributed by atoms with Gasteiger partial charge in [0, 0.05) is 52.3 Å². The fraction of sp³-hybridized carbons (Fsp3) is 0.361. The first kappa shape index (κ1) is 40.1. The van der Waals surface area contributed by atoms with Gasteiger partial charge in [-0.15, -0.1) is 11.8 Å². The number of nitrogen functional groups attached to an aromatic ring is 1. The number of anilines is 1. The first-order valence-electron chi connectivity index (χ1n) is 18.0. The van der Waals surface area contributed by atoms with Crippen LogP contribution in [0.3, 0.4) is 0 Å². The molecule has 0 unspecified atom stereocenters. The second-order valence-corrected chi connectivity index (χ2v) is 16.0. The Bertz CT molecular complexity index is 2390. The molecule has 58 heavy (non-hydrogen) atoms. The fourth-order valence-electron chi connectivity index (χ4n) is 6.53. The Morgan fingerprint density at radius 2 is 1.95 bits per heavy atom. The monoisotopic (exact) mass is 836 g/mol. The molecule has 3 aromatic heterocycles. The molecule has 1 aromatic carbocycles. The van der Waals surface area contributed by atoms with Crippen molar-refractivity contribution in [3.63, 3.8) is 0 Å². The van der Waals surface area contributed by atoms with Crippen LogP contribution in [0, 0.1) is 5.82 Å². The molecule has 0 aliphatic carbocycles. The number of benzene rings is 1. The number of carboxylic acids is 2. The van der Waals surface area contributed by atoms with Gasteiger partial charge in [-0.2, -0.15) is 13.9 Å². The normalized spacial score (nSPS) is 19.2. The maximum absolute atomic E-state index is 15.4. The van der Waals surface area contributed by atoms with Crippen molar-refractivity contribution in [3.8, 4) is 0 Å². The number of aliphatic carboxylic acids is 2. The molecule has 8 N–H and O–H groups in total. The Hall–Kier alpha value is -6.13. The molecule has 2 amide bonds. The van der Waals surface area contributed by atoms with E-state index in [4.69, 9.17) is 21.1 Å². The maximum Gasteiger partial charge on any atom is 0.352 e. The second kappa shape index (κ2) is 16.4. The Morgan fingerprint density at radius 3 is 2.64 bits per heavy atom. The Labute approximate surface area is 337 Å². The van der Waals surface area contributed by atoms with Crippen LogP contribution in [0.25, 0.3) is 11.0 Å². The van der Waals surface area contributed by atoms with E-state index in [9.17, 15) is 29.4 Å². The zero-order chi connectivity index (χ0) is 41.3. The minimum atomic E-state index is -1.82. The number of oxime groups is 2. The summed E-state index contributed by atoms with van der Waals surface area (Å²) in [5.41, 5.74) is 12.0. The Morgan fingerprint density at radius 1 is 1.17 bits per heavy atom. The lowest BCUT2D eigenvalue weighted by Gasteiger charge is -2.49. The first-order chi connectivity index (χ1) is 27.7. The highest BCUT2D eigenvalue weighted by Gasteiger charge is 2.55. The number of nitrogens with one attached hydrogen (secondary N) is 2. The number of β-lactam (4-membered cyclic amide) rings is 1. The van der Waals surface area contributed by atoms with Crippen molar-refractivity contribution in [1.29, 1.82) is 0 Å². The van der Waals surface area contributed by atoms with Crippen LogP contribution in [0.4, 0.5) is 9.52 Å². The SMILES string of the molecule is CC(C)(O/N=C(\C(=O)N[C@@H]1C(=O)N2C(C(=O)O)=C(C[n+]3cccc4c3ccn4Cc3ccc(/C(N)=N/OC4CCNCC4)cc3F)CS[C@H]12)c1nsc(N)n1)C(=O)O. The molecule has 6 heterocycles. The number of piperidine rings is 1. The van der Waals surface area contributed by atoms with Crippen molar-refractivity contribution < 1.29 is 48.0 Å². The molecule has 3 aliphatic heterocycles. The largest absolute Gasteiger partial charge is 0.478 e. The number of hydrogen-bond donors (Lipinski definition) is 6. The predicted octanol–water partition coefficient (Wildman–Crippen LogP) is 0.962. The summed E-state index contributed by atoms with van der Waals surface area (Å²) in [5, 5.41) is 32.5. The van der Waals surface area contributed by atoms with Crippen molar-refractivity contribution in [2.75, 3.05) is 24.6 Å². The van der Waals surface area contributed by atoms with Gasteiger partial charge in [0.15, 0.2) is 23.7 Å². The van der Waals surface area contributed by atoms with Crippen LogP contribution < -0.4 is 26.7 Å². The van der Waals surface area contributed by atoms with Crippen LogP contribution in [-0.2, 0) is 41.9 Å². The summed E-state index contributed by atoms with van der Waals surface area (Å²) in [5.74, 6) is -4.73. The van der Waals surface area contributed by atoms with Crippen LogP contribution >= 0.6 is 23.3 Å². The van der Waals surface area contributed by atoms with Gasteiger partial charge < -0.3 is 46.6 Å². The number of pyridine rings is 1. The maximum atomic E-state index is 15.4. The molecule has 0 spiro atoms. The van der Waals surface area contributed by atoms with E-state index >= 15 is 4.39 Å². The lowest BCUT2D eigenvalue weighted by atomic mass is 10.0. The summed E-state index contributed by atoms with van der Waals surface area (Å²) >= 11 is 2.02. The zero-order valence-corrected chi connectivity index (χ0v) is 32.8. The van der Waals surface area contributed by atoms with Crippen LogP contribution in [0.1, 0.15) is 43.6 Å². The molecule has 0 bridgehead atoms. The number of carbonyl (C=O) groups excluding carboxylic acids is 2. The van der Waals surface area contributed by atoms with Crippen molar-refractivity contribution in [3.05, 3.63) is 82.8 Å². The Balaban J connectivity index is 1.06. The van der Waals surface area contributed by atoms with Crippen LogP contribution in [0.5, 0.6) is 0 Å². The highest BCUT2D eigenvalue weighted by Crippen LogP contribution is 2.40. The molecule has 0 saturated carbocycles. The number of fused-ring (bicyclic) bond motifs is 2. The van der Waals surface area contributed by atoms with E-state index in [1.807, 2.05) is 27.5 Å². The van der Waals surface area contributed by atoms with Gasteiger partial charge in [-0.05, 0) is 51.9 Å². The number of carbonyl (C=O) groups is 4. The van der Waals surface area contributed by atoms with Crippen molar-refractivity contribution >= 4 is 74.8 Å². The lowest BCUT2D eigenvalue weighted by Crippen LogP contribution is -2.71. The van der Waals surface area contributed by atoms with E-state index in [1.54, 1.807) is 24.4 Å². The van der Waals surface area contributed by atoms with E-state index < -0.39 is 52.3 Å². The average Bonchev–Trinajstić information content (AvgIpc) is 3.83. The van der Waals surface area contributed by atoms with Gasteiger partial charge in [-0.1, -0.05) is 22.4 Å². The van der Waals surface area contributed by atoms with Gasteiger partial charge in [0.1, 0.15) is 34.6 Å². The molecule has 3 aliphatic rings. The van der Waals surface area contributed by atoms with Crippen LogP contribution in [0.2, 0.25) is 0 Å². The average molecular weight is 837 g/mol. The number of amidine groups is 1. The van der Waals surface area contributed by atoms with Crippen molar-refractivity contribution in [1.82, 2.24) is 29.5 Å². The van der Waals surface area contributed by atoms with Gasteiger partial charge in [-0.25, -0.2) is 14.0 Å². The molecule has 22 heteroatoms. The quantitative estimate of drug-likeness (QED) is 0.0340. The number of nitrogens with two attached hydrogens (primary N) is 2. The van der Waals surface area contributed by atoms with E-state index in [1.165, 1.54) is 31.7 Å². The molecule has 19 nitrogen and oxygen atoms in total. The molecule has 0 radical (unpaired) electrons. The first-order valence-corrected chi connectivity index (χ1v) is 19.8. The van der Waals surface area contributed by atoms with E-state index in [0.717, 1.165) is 53.4 Å². The molecular formula is C36H39FN11O8S2+. The summed E-state index contributed by atoms with van der Waals surface area (Å²) < 4.78 is 23.1.